The third kappa shape index (κ3) is 6.97. The van der Waals surface area contributed by atoms with Gasteiger partial charge in [0.25, 0.3) is 17.7 Å². The van der Waals surface area contributed by atoms with E-state index in [1.165, 1.54) is 18.3 Å². The Labute approximate surface area is 251 Å². The third-order valence-electron chi connectivity index (χ3n) is 5.79. The summed E-state index contributed by atoms with van der Waals surface area (Å²) in [6.45, 7) is 5.31. The van der Waals surface area contributed by atoms with E-state index < -0.39 is 29.5 Å². The van der Waals surface area contributed by atoms with Crippen LogP contribution in [-0.4, -0.2) is 38.5 Å². The molecule has 218 valence electrons. The lowest BCUT2D eigenvalue weighted by Gasteiger charge is -2.16. The molecular weight excluding hydrogens is 641 g/mol. The van der Waals surface area contributed by atoms with Crippen molar-refractivity contribution in [2.45, 2.75) is 33.0 Å². The van der Waals surface area contributed by atoms with Crippen LogP contribution >= 0.6 is 27.5 Å². The van der Waals surface area contributed by atoms with Gasteiger partial charge in [-0.25, -0.2) is 9.67 Å². The second-order valence-corrected chi connectivity index (χ2v) is 10.7. The van der Waals surface area contributed by atoms with Gasteiger partial charge in [-0.3, -0.25) is 14.4 Å². The molecule has 0 aliphatic heterocycles. The van der Waals surface area contributed by atoms with Crippen LogP contribution in [0.2, 0.25) is 5.02 Å². The molecule has 0 aliphatic rings. The average Bonchev–Trinajstić information content (AvgIpc) is 3.35. The maximum absolute atomic E-state index is 13.7. The van der Waals surface area contributed by atoms with Gasteiger partial charge in [0, 0.05) is 28.5 Å². The van der Waals surface area contributed by atoms with Gasteiger partial charge in [0.1, 0.15) is 5.69 Å². The molecule has 0 fully saturated rings. The molecule has 0 atom stereocenters. The summed E-state index contributed by atoms with van der Waals surface area (Å²) in [6.07, 6.45) is -3.12. The minimum absolute atomic E-state index is 0.0446. The first-order valence-electron chi connectivity index (χ1n) is 12.4. The quantitative estimate of drug-likeness (QED) is 0.205. The molecule has 3 N–H and O–H groups in total. The zero-order valence-corrected chi connectivity index (χ0v) is 24.6. The molecule has 9 nitrogen and oxygen atoms in total. The van der Waals surface area contributed by atoms with E-state index in [0.29, 0.717) is 10.0 Å². The van der Waals surface area contributed by atoms with Gasteiger partial charge in [-0.1, -0.05) is 27.5 Å². The van der Waals surface area contributed by atoms with Crippen molar-refractivity contribution in [2.75, 3.05) is 10.6 Å². The molecule has 0 bridgehead atoms. The SMILES string of the molecule is Cc1cc(Br)cc(C(=O)NC(C)C)c1NC(=O)c1cc(C(=O)Nc2ccc(C(F)(F)F)cc2)nn1-c1ncccc1Cl. The van der Waals surface area contributed by atoms with Gasteiger partial charge >= 0.3 is 6.18 Å². The highest BCUT2D eigenvalue weighted by molar-refractivity contribution is 9.10. The number of hydrogen-bond acceptors (Lipinski definition) is 5. The van der Waals surface area contributed by atoms with Crippen LogP contribution in [0, 0.1) is 6.92 Å². The molecular formula is C28H23BrClF3N6O3. The first kappa shape index (κ1) is 30.7. The number of pyridine rings is 1. The molecule has 14 heteroatoms. The highest BCUT2D eigenvalue weighted by atomic mass is 79.9. The van der Waals surface area contributed by atoms with Crippen LogP contribution in [0.1, 0.15) is 56.3 Å². The van der Waals surface area contributed by atoms with Crippen LogP contribution in [-0.2, 0) is 6.18 Å². The maximum Gasteiger partial charge on any atom is 0.416 e. The van der Waals surface area contributed by atoms with E-state index in [1.54, 1.807) is 39.0 Å². The van der Waals surface area contributed by atoms with Gasteiger partial charge in [0.2, 0.25) is 0 Å². The van der Waals surface area contributed by atoms with Crippen molar-refractivity contribution in [1.82, 2.24) is 20.1 Å². The molecule has 42 heavy (non-hydrogen) atoms. The van der Waals surface area contributed by atoms with E-state index in [9.17, 15) is 27.6 Å². The number of amides is 3. The van der Waals surface area contributed by atoms with Gasteiger partial charge in [-0.15, -0.1) is 0 Å². The molecule has 0 saturated carbocycles. The lowest BCUT2D eigenvalue weighted by molar-refractivity contribution is -0.137. The van der Waals surface area contributed by atoms with Gasteiger partial charge < -0.3 is 16.0 Å². The minimum atomic E-state index is -4.53. The van der Waals surface area contributed by atoms with Gasteiger partial charge in [-0.2, -0.15) is 18.3 Å². The monoisotopic (exact) mass is 662 g/mol. The number of halogens is 5. The van der Waals surface area contributed by atoms with Crippen molar-refractivity contribution >= 4 is 56.6 Å². The molecule has 4 aromatic rings. The number of benzene rings is 2. The largest absolute Gasteiger partial charge is 0.416 e. The van der Waals surface area contributed by atoms with E-state index in [4.69, 9.17) is 11.6 Å². The number of anilines is 2. The van der Waals surface area contributed by atoms with E-state index in [0.717, 1.165) is 28.9 Å². The van der Waals surface area contributed by atoms with Crippen LogP contribution in [0.25, 0.3) is 5.82 Å². The molecule has 2 aromatic carbocycles. The minimum Gasteiger partial charge on any atom is -0.350 e. The number of nitrogens with one attached hydrogen (secondary N) is 3. The van der Waals surface area contributed by atoms with Crippen LogP contribution < -0.4 is 16.0 Å². The topological polar surface area (TPSA) is 118 Å². The van der Waals surface area contributed by atoms with Crippen molar-refractivity contribution in [3.63, 3.8) is 0 Å². The zero-order valence-electron chi connectivity index (χ0n) is 22.3. The Bertz CT molecular complexity index is 1670. The Balaban J connectivity index is 1.71. The Morgan fingerprint density at radius 1 is 0.976 bits per heavy atom. The summed E-state index contributed by atoms with van der Waals surface area (Å²) >= 11 is 9.69. The predicted molar refractivity (Wildman–Crippen MR) is 155 cm³/mol. The summed E-state index contributed by atoms with van der Waals surface area (Å²) in [6, 6.07) is 11.2. The standard InChI is InChI=1S/C28H23BrClF3N6O3/c1-14(2)35-25(40)19-12-17(29)11-15(3)23(19)37-27(42)22-13-21(38-39(22)24-20(30)5-4-10-34-24)26(41)36-18-8-6-16(7-9-18)28(31,32)33/h4-14H,1-3H3,(H,35,40)(H,36,41)(H,37,42). The van der Waals surface area contributed by atoms with E-state index in [2.05, 4.69) is 42.0 Å². The number of alkyl halides is 3. The number of aryl methyl sites for hydroxylation is 1. The summed E-state index contributed by atoms with van der Waals surface area (Å²) in [7, 11) is 0. The van der Waals surface area contributed by atoms with E-state index in [1.807, 2.05) is 0 Å². The highest BCUT2D eigenvalue weighted by Crippen LogP contribution is 2.30. The lowest BCUT2D eigenvalue weighted by Crippen LogP contribution is -2.31. The van der Waals surface area contributed by atoms with Crippen molar-refractivity contribution in [2.24, 2.45) is 0 Å². The first-order chi connectivity index (χ1) is 19.7. The average molecular weight is 664 g/mol. The van der Waals surface area contributed by atoms with Gasteiger partial charge in [0.05, 0.1) is 21.8 Å². The molecule has 0 spiro atoms. The molecule has 0 saturated heterocycles. The van der Waals surface area contributed by atoms with Crippen LogP contribution in [0.3, 0.4) is 0 Å². The van der Waals surface area contributed by atoms with E-state index >= 15 is 0 Å². The Kier molecular flexibility index (Phi) is 9.02. The molecule has 0 radical (unpaired) electrons. The molecule has 3 amide bonds. The van der Waals surface area contributed by atoms with Crippen molar-refractivity contribution in [3.05, 3.63) is 98.4 Å². The molecule has 0 unspecified atom stereocenters. The van der Waals surface area contributed by atoms with Crippen molar-refractivity contribution in [3.8, 4) is 5.82 Å². The molecule has 2 heterocycles. The number of nitrogens with zero attached hydrogens (tertiary/aromatic N) is 3. The summed E-state index contributed by atoms with van der Waals surface area (Å²) in [5.74, 6) is -1.90. The second-order valence-electron chi connectivity index (χ2n) is 9.39. The highest BCUT2D eigenvalue weighted by Gasteiger charge is 2.30. The number of aromatic nitrogens is 3. The smallest absolute Gasteiger partial charge is 0.350 e. The normalized spacial score (nSPS) is 11.4. The summed E-state index contributed by atoms with van der Waals surface area (Å²) < 4.78 is 40.4. The molecule has 4 rings (SSSR count). The van der Waals surface area contributed by atoms with Crippen molar-refractivity contribution in [1.29, 1.82) is 0 Å². The molecule has 2 aromatic heterocycles. The number of carbonyl (C=O) groups excluding carboxylic acids is 3. The lowest BCUT2D eigenvalue weighted by atomic mass is 10.1. The fourth-order valence-corrected chi connectivity index (χ4v) is 4.67. The summed E-state index contributed by atoms with van der Waals surface area (Å²) in [4.78, 5) is 43.8. The van der Waals surface area contributed by atoms with Crippen molar-refractivity contribution < 1.29 is 27.6 Å². The number of carbonyl (C=O) groups is 3. The Morgan fingerprint density at radius 3 is 2.29 bits per heavy atom. The van der Waals surface area contributed by atoms with Gasteiger partial charge in [0.15, 0.2) is 11.5 Å². The Morgan fingerprint density at radius 2 is 1.67 bits per heavy atom. The first-order valence-corrected chi connectivity index (χ1v) is 13.5. The fourth-order valence-electron chi connectivity index (χ4n) is 3.89. The van der Waals surface area contributed by atoms with Gasteiger partial charge in [-0.05, 0) is 74.9 Å². The Hall–Kier alpha value is -4.23. The molecule has 0 aliphatic carbocycles. The number of rotatable bonds is 7. The fraction of sp³-hybridized carbons (Fsp3) is 0.179. The van der Waals surface area contributed by atoms with Crippen LogP contribution in [0.15, 0.2) is 65.3 Å². The summed E-state index contributed by atoms with van der Waals surface area (Å²) in [5.41, 5.74) is -0.177. The van der Waals surface area contributed by atoms with E-state index in [-0.39, 0.29) is 45.2 Å². The summed E-state index contributed by atoms with van der Waals surface area (Å²) in [5, 5.41) is 12.3. The second kappa shape index (κ2) is 12.3. The van der Waals surface area contributed by atoms with Crippen LogP contribution in [0.4, 0.5) is 24.5 Å². The zero-order chi connectivity index (χ0) is 30.8. The maximum atomic E-state index is 13.7. The predicted octanol–water partition coefficient (Wildman–Crippen LogP) is 6.65. The number of hydrogen-bond donors (Lipinski definition) is 3. The van der Waals surface area contributed by atoms with Crippen LogP contribution in [0.5, 0.6) is 0 Å². The third-order valence-corrected chi connectivity index (χ3v) is 6.54.